The SMILES string of the molecule is CC1O[C@@H](OC2[C@H](O[C@H]3CC[C@]4(C)C5=CC(O)C67C(=O)O[C@@](C)(C8CCC(C)(C)O8)[C@@]6(O)CC[C@@]7(C)C5CCC4C3(C)C)OC[C@@H](OS(=O)(=O)O)[C@H]2O)C(O)[C@H](O)[C@@H]1O. The molecule has 18 heteroatoms. The maximum atomic E-state index is 14.5. The maximum Gasteiger partial charge on any atom is 0.397 e. The zero-order valence-corrected chi connectivity index (χ0v) is 36.0. The van der Waals surface area contributed by atoms with Crippen molar-refractivity contribution in [2.45, 2.75) is 197 Å². The number of cyclic esters (lactones) is 1. The summed E-state index contributed by atoms with van der Waals surface area (Å²) in [4.78, 5) is 14.5. The van der Waals surface area contributed by atoms with E-state index in [1.807, 2.05) is 26.8 Å². The predicted octanol–water partition coefficient (Wildman–Crippen LogP) is 1.43. The first-order valence-corrected chi connectivity index (χ1v) is 22.5. The van der Waals surface area contributed by atoms with Crippen LogP contribution in [-0.4, -0.2) is 147 Å². The van der Waals surface area contributed by atoms with E-state index in [0.29, 0.717) is 32.1 Å². The summed E-state index contributed by atoms with van der Waals surface area (Å²) < 4.78 is 74.3. The molecule has 4 aliphatic carbocycles. The van der Waals surface area contributed by atoms with Gasteiger partial charge >= 0.3 is 16.4 Å². The van der Waals surface area contributed by atoms with Gasteiger partial charge in [-0.3, -0.25) is 9.35 Å². The number of carbonyl (C=O) groups is 1. The van der Waals surface area contributed by atoms with Crippen LogP contribution in [0.2, 0.25) is 0 Å². The second kappa shape index (κ2) is 14.1. The standard InChI is InChI=1S/C41H64O17S/c1-19-27(43)29(45)30(46)32(53-19)55-31-28(44)22(58-59(49,50)51)18-52-33(31)54-25-12-14-37(6)21-17-24(42)41-34(47)57-39(8,26-11-13-35(2,3)56-26)40(41,48)16-15-38(41,7)20(21)9-10-23(37)36(25,4)5/h17,19-20,22-33,42-46,48H,9-16,18H2,1-8H3,(H,49,50,51)/t19?,20?,22-,23?,24?,25+,26?,27-,28-,29-,30?,31?,32+,33+,37-,38+,39+,40+,41?/m1/s1. The Morgan fingerprint density at radius 3 is 2.15 bits per heavy atom. The molecule has 8 aliphatic rings. The monoisotopic (exact) mass is 860 g/mol. The Labute approximate surface area is 345 Å². The van der Waals surface area contributed by atoms with Crippen LogP contribution in [0.25, 0.3) is 0 Å². The second-order valence-corrected chi connectivity index (χ2v) is 21.7. The highest BCUT2D eigenvalue weighted by Gasteiger charge is 2.87. The van der Waals surface area contributed by atoms with Crippen LogP contribution in [-0.2, 0) is 47.8 Å². The number of esters is 1. The van der Waals surface area contributed by atoms with Gasteiger partial charge in [-0.05, 0) is 107 Å². The molecule has 19 atom stereocenters. The first-order chi connectivity index (χ1) is 27.2. The molecule has 0 aromatic rings. The highest BCUT2D eigenvalue weighted by atomic mass is 32.3. The normalized spacial score (nSPS) is 54.1. The molecule has 0 aromatic heterocycles. The van der Waals surface area contributed by atoms with Crippen LogP contribution < -0.4 is 0 Å². The zero-order chi connectivity index (χ0) is 43.3. The Morgan fingerprint density at radius 1 is 0.814 bits per heavy atom. The predicted molar refractivity (Wildman–Crippen MR) is 203 cm³/mol. The van der Waals surface area contributed by atoms with E-state index in [1.54, 1.807) is 6.92 Å². The van der Waals surface area contributed by atoms with Crippen LogP contribution in [0.5, 0.6) is 0 Å². The molecule has 4 saturated heterocycles. The van der Waals surface area contributed by atoms with Gasteiger partial charge in [-0.2, -0.15) is 8.42 Å². The lowest BCUT2D eigenvalue weighted by Crippen LogP contribution is -2.69. The fourth-order valence-corrected chi connectivity index (χ4v) is 14.2. The Morgan fingerprint density at radius 2 is 1.51 bits per heavy atom. The van der Waals surface area contributed by atoms with E-state index in [9.17, 15) is 48.4 Å². The van der Waals surface area contributed by atoms with Crippen LogP contribution in [0.4, 0.5) is 0 Å². The summed E-state index contributed by atoms with van der Waals surface area (Å²) in [7, 11) is -5.04. The number of rotatable bonds is 7. The molecule has 8 rings (SSSR count). The number of aliphatic hydroxyl groups excluding tert-OH is 5. The molecule has 8 unspecified atom stereocenters. The molecule has 17 nitrogen and oxygen atoms in total. The van der Waals surface area contributed by atoms with Gasteiger partial charge in [-0.15, -0.1) is 0 Å². The zero-order valence-electron chi connectivity index (χ0n) is 35.1. The van der Waals surface area contributed by atoms with Crippen molar-refractivity contribution < 1.29 is 81.0 Å². The summed E-state index contributed by atoms with van der Waals surface area (Å²) in [6.07, 6.45) is -9.75. The lowest BCUT2D eigenvalue weighted by atomic mass is 9.40. The quantitative estimate of drug-likeness (QED) is 0.0827. The minimum absolute atomic E-state index is 0.0271. The Balaban J connectivity index is 1.07. The van der Waals surface area contributed by atoms with Crippen molar-refractivity contribution >= 4 is 16.4 Å². The van der Waals surface area contributed by atoms with Gasteiger partial charge in [0.1, 0.15) is 53.7 Å². The Kier molecular flexibility index (Phi) is 10.6. The summed E-state index contributed by atoms with van der Waals surface area (Å²) in [5.74, 6) is -0.746. The van der Waals surface area contributed by atoms with Crippen molar-refractivity contribution in [3.8, 4) is 0 Å². The molecular formula is C41H64O17S. The van der Waals surface area contributed by atoms with E-state index in [1.165, 1.54) is 6.92 Å². The van der Waals surface area contributed by atoms with Crippen LogP contribution >= 0.6 is 0 Å². The summed E-state index contributed by atoms with van der Waals surface area (Å²) in [6.45, 7) is 15.1. The maximum absolute atomic E-state index is 14.5. The fourth-order valence-electron chi connectivity index (χ4n) is 13.7. The summed E-state index contributed by atoms with van der Waals surface area (Å²) in [5, 5.41) is 68.2. The number of hydrogen-bond acceptors (Lipinski definition) is 16. The summed E-state index contributed by atoms with van der Waals surface area (Å²) >= 11 is 0. The van der Waals surface area contributed by atoms with Gasteiger partial charge in [0.05, 0.1) is 30.5 Å². The van der Waals surface area contributed by atoms with Gasteiger partial charge in [0, 0.05) is 0 Å². The van der Waals surface area contributed by atoms with Crippen LogP contribution in [0.1, 0.15) is 107 Å². The number of allylic oxidation sites excluding steroid dienone is 1. The topological polar surface area (TPSA) is 257 Å². The van der Waals surface area contributed by atoms with E-state index < -0.39 is 135 Å². The lowest BCUT2D eigenvalue weighted by molar-refractivity contribution is -0.362. The number of aliphatic hydroxyl groups is 6. The van der Waals surface area contributed by atoms with Gasteiger partial charge in [0.2, 0.25) is 0 Å². The molecule has 4 heterocycles. The third-order valence-corrected chi connectivity index (χ3v) is 17.4. The number of ether oxygens (including phenoxy) is 6. The molecule has 0 aromatic carbocycles. The largest absolute Gasteiger partial charge is 0.453 e. The molecule has 1 spiro atoms. The summed E-state index contributed by atoms with van der Waals surface area (Å²) in [6, 6.07) is 0. The van der Waals surface area contributed by atoms with Crippen LogP contribution in [0.3, 0.4) is 0 Å². The minimum atomic E-state index is -5.04. The molecule has 0 amide bonds. The van der Waals surface area contributed by atoms with Gasteiger partial charge in [0.25, 0.3) is 0 Å². The Bertz CT molecular complexity index is 1820. The van der Waals surface area contributed by atoms with Crippen LogP contribution in [0.15, 0.2) is 11.6 Å². The van der Waals surface area contributed by atoms with Crippen molar-refractivity contribution in [3.05, 3.63) is 11.6 Å². The summed E-state index contributed by atoms with van der Waals surface area (Å²) in [5.41, 5.74) is -5.89. The third-order valence-electron chi connectivity index (χ3n) is 16.9. The van der Waals surface area contributed by atoms with Crippen molar-refractivity contribution in [2.75, 3.05) is 6.61 Å². The molecule has 336 valence electrons. The van der Waals surface area contributed by atoms with E-state index >= 15 is 0 Å². The molecule has 0 bridgehead atoms. The molecule has 59 heavy (non-hydrogen) atoms. The molecule has 4 aliphatic heterocycles. The van der Waals surface area contributed by atoms with Crippen molar-refractivity contribution in [3.63, 3.8) is 0 Å². The molecule has 0 radical (unpaired) electrons. The minimum Gasteiger partial charge on any atom is -0.453 e. The first kappa shape index (κ1) is 44.3. The van der Waals surface area contributed by atoms with E-state index in [2.05, 4.69) is 25.0 Å². The van der Waals surface area contributed by atoms with Gasteiger partial charge < -0.3 is 59.1 Å². The van der Waals surface area contributed by atoms with Gasteiger partial charge in [-0.25, -0.2) is 4.18 Å². The molecular weight excluding hydrogens is 797 g/mol. The van der Waals surface area contributed by atoms with Crippen molar-refractivity contribution in [1.82, 2.24) is 0 Å². The van der Waals surface area contributed by atoms with E-state index in [-0.39, 0.29) is 18.3 Å². The van der Waals surface area contributed by atoms with Crippen molar-refractivity contribution in [2.24, 2.45) is 33.5 Å². The fraction of sp³-hybridized carbons (Fsp3) is 0.927. The van der Waals surface area contributed by atoms with Crippen LogP contribution in [0, 0.1) is 33.5 Å². The second-order valence-electron chi connectivity index (χ2n) is 20.7. The smallest absolute Gasteiger partial charge is 0.397 e. The Hall–Kier alpha value is -1.36. The molecule has 3 saturated carbocycles. The average molecular weight is 861 g/mol. The van der Waals surface area contributed by atoms with Gasteiger partial charge in [-0.1, -0.05) is 39.3 Å². The number of fused-ring (bicyclic) bond motifs is 4. The van der Waals surface area contributed by atoms with Gasteiger partial charge in [0.15, 0.2) is 18.2 Å². The number of carbonyl (C=O) groups excluding carboxylic acids is 1. The lowest BCUT2D eigenvalue weighted by Gasteiger charge is -2.64. The van der Waals surface area contributed by atoms with Crippen molar-refractivity contribution in [1.29, 1.82) is 0 Å². The van der Waals surface area contributed by atoms with E-state index in [4.69, 9.17) is 28.4 Å². The number of hydrogen-bond donors (Lipinski definition) is 7. The first-order valence-electron chi connectivity index (χ1n) is 21.2. The molecule has 7 fully saturated rings. The third kappa shape index (κ3) is 6.16. The average Bonchev–Trinajstić information content (AvgIpc) is 3.70. The highest BCUT2D eigenvalue weighted by molar-refractivity contribution is 7.80. The van der Waals surface area contributed by atoms with E-state index in [0.717, 1.165) is 18.4 Å². The highest BCUT2D eigenvalue weighted by Crippen LogP contribution is 2.77. The molecule has 7 N–H and O–H groups in total.